The predicted molar refractivity (Wildman–Crippen MR) is 151 cm³/mol. The normalized spacial score (nSPS) is 15.7. The van der Waals surface area contributed by atoms with Crippen molar-refractivity contribution in [3.05, 3.63) is 47.5 Å². The highest BCUT2D eigenvalue weighted by Crippen LogP contribution is 2.35. The first-order chi connectivity index (χ1) is 17.4. The molecule has 2 heterocycles. The van der Waals surface area contributed by atoms with E-state index in [-0.39, 0.29) is 5.91 Å². The lowest BCUT2D eigenvalue weighted by molar-refractivity contribution is 0.0990. The molecule has 0 aliphatic carbocycles. The van der Waals surface area contributed by atoms with Gasteiger partial charge in [0, 0.05) is 49.0 Å². The third-order valence-electron chi connectivity index (χ3n) is 6.72. The van der Waals surface area contributed by atoms with Crippen molar-refractivity contribution in [1.29, 1.82) is 0 Å². The molecule has 196 valence electrons. The van der Waals surface area contributed by atoms with E-state index in [0.29, 0.717) is 17.8 Å². The van der Waals surface area contributed by atoms with E-state index in [9.17, 15) is 13.2 Å². The maximum atomic E-state index is 13.8. The molecular formula is C27H38N4O3S2. The number of thioether (sulfide) groups is 1. The number of hydrogen-bond donors (Lipinski definition) is 2. The van der Waals surface area contributed by atoms with Crippen molar-refractivity contribution in [3.8, 4) is 0 Å². The van der Waals surface area contributed by atoms with Crippen LogP contribution in [0.2, 0.25) is 0 Å². The molecule has 7 nitrogen and oxygen atoms in total. The number of fused-ring (bicyclic) bond motifs is 1. The third-order valence-corrected chi connectivity index (χ3v) is 8.39. The number of nitrogens with one attached hydrogen (secondary N) is 2. The maximum absolute atomic E-state index is 13.8. The maximum Gasteiger partial charge on any atom is 0.260 e. The molecule has 2 N–H and O–H groups in total. The van der Waals surface area contributed by atoms with Gasteiger partial charge in [-0.1, -0.05) is 32.6 Å². The van der Waals surface area contributed by atoms with E-state index < -0.39 is 10.0 Å². The molecule has 1 fully saturated rings. The number of carbonyl (C=O) groups is 1. The highest BCUT2D eigenvalue weighted by Gasteiger charge is 2.28. The first kappa shape index (κ1) is 26.8. The van der Waals surface area contributed by atoms with Gasteiger partial charge in [0.2, 0.25) is 10.0 Å². The minimum atomic E-state index is -3.52. The molecule has 1 amide bonds. The minimum Gasteiger partial charge on any atom is -0.369 e. The number of carbonyl (C=O) groups excluding carboxylic acids is 1. The fourth-order valence-corrected chi connectivity index (χ4v) is 6.39. The number of hydrogen-bond acceptors (Lipinski definition) is 6. The smallest absolute Gasteiger partial charge is 0.260 e. The molecule has 0 atom stereocenters. The summed E-state index contributed by atoms with van der Waals surface area (Å²) in [4.78, 5) is 19.1. The molecule has 0 unspecified atom stereocenters. The Bertz CT molecular complexity index is 1160. The molecule has 2 aliphatic heterocycles. The van der Waals surface area contributed by atoms with Gasteiger partial charge in [-0.2, -0.15) is 0 Å². The van der Waals surface area contributed by atoms with E-state index in [2.05, 4.69) is 34.0 Å². The summed E-state index contributed by atoms with van der Waals surface area (Å²) in [5.41, 5.74) is 3.74. The molecule has 2 aromatic carbocycles. The van der Waals surface area contributed by atoms with Crippen LogP contribution in [0.15, 0.2) is 41.3 Å². The van der Waals surface area contributed by atoms with Crippen LogP contribution in [0, 0.1) is 0 Å². The van der Waals surface area contributed by atoms with Gasteiger partial charge in [-0.25, -0.2) is 8.42 Å². The van der Waals surface area contributed by atoms with Crippen molar-refractivity contribution in [2.24, 2.45) is 0 Å². The molecule has 0 radical (unpaired) electrons. The van der Waals surface area contributed by atoms with E-state index in [4.69, 9.17) is 0 Å². The molecule has 36 heavy (non-hydrogen) atoms. The fourth-order valence-electron chi connectivity index (χ4n) is 4.84. The van der Waals surface area contributed by atoms with Gasteiger partial charge in [-0.3, -0.25) is 9.52 Å². The van der Waals surface area contributed by atoms with Gasteiger partial charge >= 0.3 is 0 Å². The second kappa shape index (κ2) is 12.3. The first-order valence-electron chi connectivity index (χ1n) is 13.0. The molecule has 0 aromatic heterocycles. The third kappa shape index (κ3) is 6.95. The van der Waals surface area contributed by atoms with Gasteiger partial charge in [0.1, 0.15) is 0 Å². The Balaban J connectivity index is 1.52. The van der Waals surface area contributed by atoms with E-state index in [1.807, 2.05) is 30.0 Å². The van der Waals surface area contributed by atoms with Crippen LogP contribution in [0.1, 0.15) is 54.9 Å². The lowest BCUT2D eigenvalue weighted by atomic mass is 10.1. The summed E-state index contributed by atoms with van der Waals surface area (Å²) >= 11 is 1.89. The summed E-state index contributed by atoms with van der Waals surface area (Å²) in [6.07, 6.45) is 8.31. The van der Waals surface area contributed by atoms with Crippen molar-refractivity contribution in [2.75, 3.05) is 59.3 Å². The Labute approximate surface area is 220 Å². The van der Waals surface area contributed by atoms with Crippen molar-refractivity contribution < 1.29 is 13.2 Å². The number of anilines is 3. The van der Waals surface area contributed by atoms with Crippen LogP contribution in [0.25, 0.3) is 0 Å². The summed E-state index contributed by atoms with van der Waals surface area (Å²) in [5, 5.41) is 3.34. The van der Waals surface area contributed by atoms with E-state index >= 15 is 0 Å². The molecule has 4 rings (SSSR count). The number of nitrogens with zero attached hydrogens (tertiary/aromatic N) is 2. The topological polar surface area (TPSA) is 81.8 Å². The van der Waals surface area contributed by atoms with E-state index in [1.165, 1.54) is 42.6 Å². The van der Waals surface area contributed by atoms with Crippen LogP contribution in [-0.4, -0.2) is 59.1 Å². The standard InChI is InChI=1S/C27H38N4O3S2/c1-3-4-5-6-7-18-35-23-9-11-26-21(19-23)12-15-31(26)27(32)24-20-22(30-16-13-28-14-17-30)8-10-25(24)29-36(2,33)34/h8-11,19-20,28-29H,3-7,12-18H2,1-2H3. The van der Waals surface area contributed by atoms with E-state index in [1.54, 1.807) is 11.0 Å². The lowest BCUT2D eigenvalue weighted by Gasteiger charge is -2.30. The Morgan fingerprint density at radius 1 is 1.03 bits per heavy atom. The van der Waals surface area contributed by atoms with Crippen molar-refractivity contribution in [2.45, 2.75) is 50.3 Å². The largest absolute Gasteiger partial charge is 0.369 e. The number of piperazine rings is 1. The average Bonchev–Trinajstić information content (AvgIpc) is 3.29. The summed E-state index contributed by atoms with van der Waals surface area (Å²) in [5.74, 6) is 0.943. The molecule has 2 aliphatic rings. The number of rotatable bonds is 11. The lowest BCUT2D eigenvalue weighted by Crippen LogP contribution is -2.43. The summed E-state index contributed by atoms with van der Waals surface area (Å²) in [6, 6.07) is 11.8. The van der Waals surface area contributed by atoms with Crippen LogP contribution in [-0.2, 0) is 16.4 Å². The summed E-state index contributed by atoms with van der Waals surface area (Å²) in [7, 11) is -3.52. The van der Waals surface area contributed by atoms with Crippen molar-refractivity contribution >= 4 is 44.8 Å². The first-order valence-corrected chi connectivity index (χ1v) is 15.9. The second-order valence-electron chi connectivity index (χ2n) is 9.60. The molecule has 0 bridgehead atoms. The van der Waals surface area contributed by atoms with Crippen LogP contribution < -0.4 is 19.8 Å². The highest BCUT2D eigenvalue weighted by molar-refractivity contribution is 7.99. The van der Waals surface area contributed by atoms with Gasteiger partial charge in [0.15, 0.2) is 0 Å². The highest BCUT2D eigenvalue weighted by atomic mass is 32.2. The zero-order chi connectivity index (χ0) is 25.5. The Morgan fingerprint density at radius 2 is 1.81 bits per heavy atom. The molecule has 2 aromatic rings. The van der Waals surface area contributed by atoms with Crippen LogP contribution in [0.3, 0.4) is 0 Å². The SMILES string of the molecule is CCCCCCCSc1ccc2c(c1)CCN2C(=O)c1cc(N2CCNCC2)ccc1NS(C)(=O)=O. The van der Waals surface area contributed by atoms with E-state index in [0.717, 1.165) is 56.0 Å². The summed E-state index contributed by atoms with van der Waals surface area (Å²) < 4.78 is 26.6. The molecule has 0 spiro atoms. The Hall–Kier alpha value is -2.23. The molecule has 0 saturated carbocycles. The zero-order valence-electron chi connectivity index (χ0n) is 21.4. The summed E-state index contributed by atoms with van der Waals surface area (Å²) in [6.45, 7) is 6.28. The monoisotopic (exact) mass is 530 g/mol. The zero-order valence-corrected chi connectivity index (χ0v) is 23.0. The van der Waals surface area contributed by atoms with Gasteiger partial charge in [-0.05, 0) is 60.6 Å². The van der Waals surface area contributed by atoms with Crippen molar-refractivity contribution in [1.82, 2.24) is 5.32 Å². The minimum absolute atomic E-state index is 0.173. The predicted octanol–water partition coefficient (Wildman–Crippen LogP) is 4.73. The van der Waals surface area contributed by atoms with Gasteiger partial charge < -0.3 is 15.1 Å². The number of sulfonamides is 1. The Morgan fingerprint density at radius 3 is 2.56 bits per heavy atom. The number of unbranched alkanes of at least 4 members (excludes halogenated alkanes) is 4. The fraction of sp³-hybridized carbons (Fsp3) is 0.519. The van der Waals surface area contributed by atoms with Crippen molar-refractivity contribution in [3.63, 3.8) is 0 Å². The molecular weight excluding hydrogens is 492 g/mol. The average molecular weight is 531 g/mol. The van der Waals surface area contributed by atoms with Gasteiger partial charge in [0.25, 0.3) is 5.91 Å². The second-order valence-corrected chi connectivity index (χ2v) is 12.5. The quantitative estimate of drug-likeness (QED) is 0.323. The van der Waals surface area contributed by atoms with Gasteiger partial charge in [0.05, 0.1) is 17.5 Å². The number of amides is 1. The molecule has 1 saturated heterocycles. The van der Waals surface area contributed by atoms with Crippen LogP contribution in [0.4, 0.5) is 17.1 Å². The van der Waals surface area contributed by atoms with Crippen LogP contribution in [0.5, 0.6) is 0 Å². The van der Waals surface area contributed by atoms with Gasteiger partial charge in [-0.15, -0.1) is 11.8 Å². The van der Waals surface area contributed by atoms with Crippen LogP contribution >= 0.6 is 11.8 Å². The molecule has 9 heteroatoms. The Kier molecular flexibility index (Phi) is 9.19. The number of benzene rings is 2.